The van der Waals surface area contributed by atoms with Crippen LogP contribution in [0.25, 0.3) is 0 Å². The van der Waals surface area contributed by atoms with Crippen LogP contribution in [0.2, 0.25) is 0 Å². The molecule has 1 aliphatic carbocycles. The maximum atomic E-state index is 12.5. The highest BCUT2D eigenvalue weighted by atomic mass is 35.5. The molecule has 2 heterocycles. The Hall–Kier alpha value is -0.380. The number of hydrogen-bond donors (Lipinski definition) is 3. The van der Waals surface area contributed by atoms with Gasteiger partial charge in [-0.3, -0.25) is 5.10 Å². The second kappa shape index (κ2) is 7.70. The Kier molecular flexibility index (Phi) is 5.97. The highest BCUT2D eigenvalue weighted by Gasteiger charge is 2.41. The zero-order valence-corrected chi connectivity index (χ0v) is 16.1. The fraction of sp³-hybridized carbons (Fsp3) is 0.800. The number of aromatic nitrogens is 2. The van der Waals surface area contributed by atoms with E-state index in [0.717, 1.165) is 0 Å². The van der Waals surface area contributed by atoms with Crippen molar-refractivity contribution < 1.29 is 13.5 Å². The topological polar surface area (TPSA) is 112 Å². The van der Waals surface area contributed by atoms with E-state index in [9.17, 15) is 13.5 Å². The summed E-state index contributed by atoms with van der Waals surface area (Å²) in [5.41, 5.74) is 6.43. The molecule has 0 spiro atoms. The van der Waals surface area contributed by atoms with Crippen molar-refractivity contribution in [1.29, 1.82) is 0 Å². The van der Waals surface area contributed by atoms with Gasteiger partial charge in [0.2, 0.25) is 10.0 Å². The molecule has 0 bridgehead atoms. The number of piperidine rings is 1. The first kappa shape index (κ1) is 19.4. The quantitative estimate of drug-likeness (QED) is 0.643. The summed E-state index contributed by atoms with van der Waals surface area (Å²) in [5, 5.41) is 16.1. The number of sulfonamides is 1. The molecule has 2 aliphatic rings. The molecule has 0 aromatic carbocycles. The van der Waals surface area contributed by atoms with E-state index in [1.807, 2.05) is 0 Å². The first-order chi connectivity index (χ1) is 11.8. The van der Waals surface area contributed by atoms with Crippen molar-refractivity contribution in [3.8, 4) is 0 Å². The molecule has 4 unspecified atom stereocenters. The highest BCUT2D eigenvalue weighted by Crippen LogP contribution is 2.37. The van der Waals surface area contributed by atoms with Crippen molar-refractivity contribution in [2.75, 3.05) is 13.1 Å². The predicted molar refractivity (Wildman–Crippen MR) is 96.1 cm³/mol. The van der Waals surface area contributed by atoms with Gasteiger partial charge < -0.3 is 10.8 Å². The maximum absolute atomic E-state index is 12.5. The van der Waals surface area contributed by atoms with Gasteiger partial charge in [-0.1, -0.05) is 0 Å². The molecule has 1 aromatic rings. The molecule has 5 atom stereocenters. The van der Waals surface area contributed by atoms with E-state index in [1.165, 1.54) is 16.7 Å². The van der Waals surface area contributed by atoms with Crippen LogP contribution in [0.5, 0.6) is 0 Å². The summed E-state index contributed by atoms with van der Waals surface area (Å²) in [6.07, 6.45) is 4.51. The first-order valence-corrected chi connectivity index (χ1v) is 10.8. The molecular formula is C15H24Cl2N4O3S. The van der Waals surface area contributed by atoms with Crippen LogP contribution in [0.1, 0.15) is 25.7 Å². The molecule has 1 aromatic heterocycles. The summed E-state index contributed by atoms with van der Waals surface area (Å²) in [7, 11) is -3.51. The number of hydrogen-bond acceptors (Lipinski definition) is 5. The molecule has 1 saturated carbocycles. The molecule has 1 saturated heterocycles. The molecule has 142 valence electrons. The molecule has 1 aliphatic heterocycles. The predicted octanol–water partition coefficient (Wildman–Crippen LogP) is 1.12. The molecule has 3 rings (SSSR count). The van der Waals surface area contributed by atoms with Crippen molar-refractivity contribution in [2.24, 2.45) is 17.6 Å². The summed E-state index contributed by atoms with van der Waals surface area (Å²) in [6.45, 7) is 0.828. The van der Waals surface area contributed by atoms with E-state index in [-0.39, 0.29) is 33.5 Å². The van der Waals surface area contributed by atoms with Crippen LogP contribution in [-0.4, -0.2) is 64.0 Å². The lowest BCUT2D eigenvalue weighted by Gasteiger charge is -2.42. The Morgan fingerprint density at radius 2 is 1.92 bits per heavy atom. The van der Waals surface area contributed by atoms with Crippen LogP contribution >= 0.6 is 23.2 Å². The van der Waals surface area contributed by atoms with E-state index < -0.39 is 16.1 Å². The number of alkyl halides is 2. The third kappa shape index (κ3) is 3.99. The molecular weight excluding hydrogens is 387 g/mol. The summed E-state index contributed by atoms with van der Waals surface area (Å²) in [4.78, 5) is 0.177. The van der Waals surface area contributed by atoms with Crippen LogP contribution in [0.4, 0.5) is 0 Å². The number of H-pyrrole nitrogens is 1. The van der Waals surface area contributed by atoms with Gasteiger partial charge in [-0.2, -0.15) is 9.40 Å². The van der Waals surface area contributed by atoms with Gasteiger partial charge in [0, 0.05) is 31.2 Å². The number of nitrogens with two attached hydrogens (primary N) is 1. The molecule has 0 radical (unpaired) electrons. The van der Waals surface area contributed by atoms with Crippen molar-refractivity contribution in [3.63, 3.8) is 0 Å². The summed E-state index contributed by atoms with van der Waals surface area (Å²) in [5.74, 6) is 0.0609. The van der Waals surface area contributed by atoms with E-state index >= 15 is 0 Å². The van der Waals surface area contributed by atoms with Gasteiger partial charge in [0.25, 0.3) is 0 Å². The number of rotatable bonds is 4. The summed E-state index contributed by atoms with van der Waals surface area (Å²) in [6, 6.07) is -0.209. The summed E-state index contributed by atoms with van der Waals surface area (Å²) < 4.78 is 26.5. The van der Waals surface area contributed by atoms with Gasteiger partial charge in [0.15, 0.2) is 0 Å². The van der Waals surface area contributed by atoms with Crippen LogP contribution in [0, 0.1) is 11.8 Å². The fourth-order valence-corrected chi connectivity index (χ4v) is 5.88. The van der Waals surface area contributed by atoms with Gasteiger partial charge in [-0.25, -0.2) is 8.42 Å². The number of nitrogens with zero attached hydrogens (tertiary/aromatic N) is 2. The van der Waals surface area contributed by atoms with Crippen molar-refractivity contribution >= 4 is 33.2 Å². The van der Waals surface area contributed by atoms with Gasteiger partial charge in [0.05, 0.1) is 23.1 Å². The zero-order valence-electron chi connectivity index (χ0n) is 13.8. The average Bonchev–Trinajstić information content (AvgIpc) is 3.13. The minimum absolute atomic E-state index is 0.0977. The molecule has 25 heavy (non-hydrogen) atoms. The first-order valence-electron chi connectivity index (χ1n) is 8.51. The van der Waals surface area contributed by atoms with E-state index in [1.54, 1.807) is 0 Å². The second-order valence-electron chi connectivity index (χ2n) is 6.99. The van der Waals surface area contributed by atoms with Crippen LogP contribution in [-0.2, 0) is 10.0 Å². The number of aliphatic hydroxyl groups excluding tert-OH is 1. The Labute approximate surface area is 157 Å². The largest absolute Gasteiger partial charge is 0.393 e. The molecule has 2 fully saturated rings. The standard InChI is InChI=1S/C15H24Cl2N4O3S/c16-12-5-11(14(22)6-13(12)17)15(18)9-1-3-21(4-2-9)25(23,24)10-7-19-20-8-10/h7-9,11-15,22H,1-6,18H2,(H,19,20)/t11?,12?,13?,14?,15-/m1/s1. The number of nitrogens with one attached hydrogen (secondary N) is 1. The SMILES string of the molecule is N[C@H](C1CCN(S(=O)(=O)c2cn[nH]c2)CC1)C1CC(Cl)C(Cl)CC1O. The number of aliphatic hydroxyl groups is 1. The van der Waals surface area contributed by atoms with E-state index in [4.69, 9.17) is 28.9 Å². The molecule has 7 nitrogen and oxygen atoms in total. The minimum Gasteiger partial charge on any atom is -0.393 e. The molecule has 0 amide bonds. The van der Waals surface area contributed by atoms with Crippen molar-refractivity contribution in [3.05, 3.63) is 12.4 Å². The van der Waals surface area contributed by atoms with Crippen LogP contribution in [0.15, 0.2) is 17.3 Å². The lowest BCUT2D eigenvalue weighted by molar-refractivity contribution is 0.0399. The smallest absolute Gasteiger partial charge is 0.246 e. The normalized spacial score (nSPS) is 34.1. The average molecular weight is 411 g/mol. The maximum Gasteiger partial charge on any atom is 0.246 e. The monoisotopic (exact) mass is 410 g/mol. The van der Waals surface area contributed by atoms with E-state index in [0.29, 0.717) is 38.8 Å². The number of halogens is 2. The van der Waals surface area contributed by atoms with Gasteiger partial charge >= 0.3 is 0 Å². The van der Waals surface area contributed by atoms with Crippen LogP contribution < -0.4 is 5.73 Å². The lowest BCUT2D eigenvalue weighted by Crippen LogP contribution is -2.51. The minimum atomic E-state index is -3.51. The van der Waals surface area contributed by atoms with Gasteiger partial charge in [-0.05, 0) is 31.6 Å². The molecule has 10 heteroatoms. The Morgan fingerprint density at radius 1 is 1.28 bits per heavy atom. The van der Waals surface area contributed by atoms with Crippen molar-refractivity contribution in [1.82, 2.24) is 14.5 Å². The third-order valence-electron chi connectivity index (χ3n) is 5.50. The highest BCUT2D eigenvalue weighted by molar-refractivity contribution is 7.89. The Balaban J connectivity index is 1.60. The second-order valence-corrected chi connectivity index (χ2v) is 10.0. The van der Waals surface area contributed by atoms with E-state index in [2.05, 4.69) is 10.2 Å². The van der Waals surface area contributed by atoms with Crippen molar-refractivity contribution in [2.45, 2.75) is 53.5 Å². The Bertz CT molecular complexity index is 664. The Morgan fingerprint density at radius 3 is 2.52 bits per heavy atom. The molecule has 4 N–H and O–H groups in total. The fourth-order valence-electron chi connectivity index (χ4n) is 3.91. The van der Waals surface area contributed by atoms with Crippen LogP contribution in [0.3, 0.4) is 0 Å². The number of aromatic amines is 1. The van der Waals surface area contributed by atoms with Gasteiger partial charge in [0.1, 0.15) is 4.90 Å². The summed E-state index contributed by atoms with van der Waals surface area (Å²) >= 11 is 12.4. The third-order valence-corrected chi connectivity index (χ3v) is 8.46. The lowest BCUT2D eigenvalue weighted by atomic mass is 9.74. The van der Waals surface area contributed by atoms with Gasteiger partial charge in [-0.15, -0.1) is 23.2 Å². The zero-order chi connectivity index (χ0) is 18.2.